The fourth-order valence-corrected chi connectivity index (χ4v) is 11.1. The van der Waals surface area contributed by atoms with Gasteiger partial charge in [-0.1, -0.05) is 57.2 Å². The Morgan fingerprint density at radius 2 is 1.62 bits per heavy atom. The van der Waals surface area contributed by atoms with E-state index in [2.05, 4.69) is 57.5 Å². The lowest BCUT2D eigenvalue weighted by atomic mass is 9.85. The smallest absolute Gasteiger partial charge is 0.251 e. The first kappa shape index (κ1) is 57.6. The minimum Gasteiger partial charge on any atom is -0.391 e. The highest BCUT2D eigenvalue weighted by Gasteiger charge is 2.45. The molecule has 0 saturated carbocycles. The van der Waals surface area contributed by atoms with Crippen molar-refractivity contribution in [2.75, 3.05) is 69.0 Å². The van der Waals surface area contributed by atoms with Crippen LogP contribution in [0.2, 0.25) is 0 Å². The molecular formula is C50H68BrN11O10S2. The Morgan fingerprint density at radius 1 is 0.946 bits per heavy atom. The fourth-order valence-electron chi connectivity index (χ4n) is 8.65. The number of aliphatic hydroxyl groups is 1. The van der Waals surface area contributed by atoms with Crippen molar-refractivity contribution in [1.82, 2.24) is 40.1 Å². The van der Waals surface area contributed by atoms with Gasteiger partial charge in [-0.05, 0) is 77.7 Å². The van der Waals surface area contributed by atoms with Crippen LogP contribution in [-0.2, 0) is 38.7 Å². The van der Waals surface area contributed by atoms with Gasteiger partial charge in [-0.2, -0.15) is 4.98 Å². The van der Waals surface area contributed by atoms with Crippen molar-refractivity contribution in [3.05, 3.63) is 81.0 Å². The van der Waals surface area contributed by atoms with Gasteiger partial charge in [0.2, 0.25) is 39.6 Å². The van der Waals surface area contributed by atoms with Crippen LogP contribution in [-0.4, -0.2) is 150 Å². The summed E-state index contributed by atoms with van der Waals surface area (Å²) in [6, 6.07) is 10.8. The lowest BCUT2D eigenvalue weighted by Gasteiger charge is -2.35. The number of piperidine rings is 1. The summed E-state index contributed by atoms with van der Waals surface area (Å²) in [6.45, 7) is 11.9. The first-order valence-electron chi connectivity index (χ1n) is 24.6. The van der Waals surface area contributed by atoms with E-state index < -0.39 is 57.3 Å². The third-order valence-corrected chi connectivity index (χ3v) is 16.2. The van der Waals surface area contributed by atoms with Gasteiger partial charge in [0.15, 0.2) is 0 Å². The van der Waals surface area contributed by atoms with Gasteiger partial charge in [0, 0.05) is 57.7 Å². The van der Waals surface area contributed by atoms with Crippen LogP contribution in [0.1, 0.15) is 93.0 Å². The summed E-state index contributed by atoms with van der Waals surface area (Å²) in [7, 11) is -3.64. The van der Waals surface area contributed by atoms with Crippen LogP contribution in [0.3, 0.4) is 0 Å². The van der Waals surface area contributed by atoms with Crippen LogP contribution < -0.4 is 32.3 Å². The first-order valence-corrected chi connectivity index (χ1v) is 27.8. The van der Waals surface area contributed by atoms with Gasteiger partial charge in [-0.3, -0.25) is 24.0 Å². The molecule has 402 valence electrons. The van der Waals surface area contributed by atoms with Crippen LogP contribution >= 0.6 is 27.3 Å². The molecule has 21 nitrogen and oxygen atoms in total. The maximum atomic E-state index is 14.0. The molecule has 2 aliphatic heterocycles. The number of anilines is 3. The SMILES string of the molecule is Cc1cccc(Nc2nc(NC3CCN(S(=O)(=O)CCNC(=O)CCOCCOCCC(=O)N[C@H](C(=O)N4C[C@H](O)C[C@H]4C(=O)N[C@@H](C)c4ccc(-c5scnc5C)cc4)C(C)(C)C)CC3)ncc2Br)c1C(N)=O. The van der Waals surface area contributed by atoms with Gasteiger partial charge in [0.25, 0.3) is 5.91 Å². The Kier molecular flexibility index (Phi) is 20.4. The maximum absolute atomic E-state index is 14.0. The van der Waals surface area contributed by atoms with Crippen molar-refractivity contribution in [3.63, 3.8) is 0 Å². The van der Waals surface area contributed by atoms with Crippen molar-refractivity contribution >= 4 is 84.3 Å². The molecule has 4 atom stereocenters. The second kappa shape index (κ2) is 26.2. The van der Waals surface area contributed by atoms with E-state index in [0.717, 1.165) is 27.3 Å². The summed E-state index contributed by atoms with van der Waals surface area (Å²) in [6.07, 6.45) is 1.70. The maximum Gasteiger partial charge on any atom is 0.251 e. The van der Waals surface area contributed by atoms with Crippen molar-refractivity contribution in [1.29, 1.82) is 0 Å². The number of carbonyl (C=O) groups is 5. The first-order chi connectivity index (χ1) is 35.1. The normalized spacial score (nSPS) is 17.3. The van der Waals surface area contributed by atoms with Crippen molar-refractivity contribution in [2.24, 2.45) is 11.1 Å². The van der Waals surface area contributed by atoms with Gasteiger partial charge < -0.3 is 51.8 Å². The second-order valence-electron chi connectivity index (χ2n) is 19.5. The van der Waals surface area contributed by atoms with E-state index >= 15 is 0 Å². The summed E-state index contributed by atoms with van der Waals surface area (Å²) < 4.78 is 39.3. The molecule has 0 aliphatic carbocycles. The van der Waals surface area contributed by atoms with E-state index in [4.69, 9.17) is 15.2 Å². The van der Waals surface area contributed by atoms with Gasteiger partial charge in [0.1, 0.15) is 17.9 Å². The standard InChI is InChI=1S/C50H68BrN11O10S2/c1-30-8-7-9-38(42(30)45(52)66)58-46-37(51)27-54-49(60-46)57-35-14-19-61(20-15-35)74(69,70)25-18-53-40(64)16-21-71-23-24-72-22-17-41(65)59-44(50(4,5)6)48(68)62-28-36(63)26-39(62)47(67)56-31(2)33-10-12-34(13-11-33)43-32(3)55-29-73-43/h7-13,27,29,31,35-36,39,44,63H,14-26,28H2,1-6H3,(H2,52,66)(H,53,64)(H,56,67)(H,59,65)(H2,54,57,58,60)/t31-,36+,39-,44+/m0/s1. The molecule has 2 aromatic heterocycles. The number of nitrogens with one attached hydrogen (secondary N) is 5. The molecule has 4 heterocycles. The zero-order valence-corrected chi connectivity index (χ0v) is 45.8. The van der Waals surface area contributed by atoms with Crippen LogP contribution in [0.25, 0.3) is 10.4 Å². The van der Waals surface area contributed by atoms with Crippen molar-refractivity contribution in [2.45, 2.75) is 104 Å². The number of likely N-dealkylation sites (tertiary alicyclic amines) is 1. The molecule has 0 bridgehead atoms. The van der Waals surface area contributed by atoms with E-state index in [-0.39, 0.29) is 95.6 Å². The van der Waals surface area contributed by atoms with E-state index in [9.17, 15) is 37.5 Å². The number of hydrogen-bond acceptors (Lipinski definition) is 16. The molecule has 4 aromatic rings. The molecule has 74 heavy (non-hydrogen) atoms. The lowest BCUT2D eigenvalue weighted by molar-refractivity contribution is -0.144. The number of benzene rings is 2. The number of aryl methyl sites for hydroxylation is 2. The van der Waals surface area contributed by atoms with Crippen molar-refractivity contribution < 1.29 is 47.0 Å². The molecule has 2 aromatic carbocycles. The molecule has 5 amide bonds. The summed E-state index contributed by atoms with van der Waals surface area (Å²) >= 11 is 5.00. The molecule has 6 rings (SSSR count). The van der Waals surface area contributed by atoms with Crippen LogP contribution in [0.15, 0.2) is 58.6 Å². The molecule has 2 saturated heterocycles. The highest BCUT2D eigenvalue weighted by Crippen LogP contribution is 2.31. The molecule has 0 radical (unpaired) electrons. The number of nitrogens with zero attached hydrogens (tertiary/aromatic N) is 5. The summed E-state index contributed by atoms with van der Waals surface area (Å²) in [5, 5.41) is 25.5. The van der Waals surface area contributed by atoms with Gasteiger partial charge >= 0.3 is 0 Å². The summed E-state index contributed by atoms with van der Waals surface area (Å²) in [5.74, 6) is -1.73. The topological polar surface area (TPSA) is 289 Å². The van der Waals surface area contributed by atoms with E-state index in [1.54, 1.807) is 48.2 Å². The molecule has 8 N–H and O–H groups in total. The predicted molar refractivity (Wildman–Crippen MR) is 285 cm³/mol. The number of halogens is 1. The van der Waals surface area contributed by atoms with E-state index in [1.807, 2.05) is 58.9 Å². The predicted octanol–water partition coefficient (Wildman–Crippen LogP) is 4.33. The molecule has 2 aliphatic rings. The highest BCUT2D eigenvalue weighted by molar-refractivity contribution is 9.10. The average molecular weight is 1130 g/mol. The van der Waals surface area contributed by atoms with Crippen LogP contribution in [0.5, 0.6) is 0 Å². The van der Waals surface area contributed by atoms with Gasteiger partial charge in [-0.25, -0.2) is 22.7 Å². The Hall–Kier alpha value is -5.63. The fraction of sp³-hybridized carbons (Fsp3) is 0.520. The summed E-state index contributed by atoms with van der Waals surface area (Å²) in [5.41, 5.74) is 11.1. The molecule has 0 unspecified atom stereocenters. The number of sulfonamides is 1. The lowest BCUT2D eigenvalue weighted by Crippen LogP contribution is -2.58. The monoisotopic (exact) mass is 1130 g/mol. The van der Waals surface area contributed by atoms with Gasteiger partial charge in [0.05, 0.1) is 76.1 Å². The number of β-amino-alcohol motifs (C(OH)–C–C–N with tert-alkyl or cyclic N) is 1. The Bertz CT molecular complexity index is 2710. The Labute approximate surface area is 444 Å². The number of aliphatic hydroxyl groups excluding tert-OH is 1. The van der Waals surface area contributed by atoms with E-state index in [1.165, 1.54) is 9.21 Å². The Morgan fingerprint density at radius 3 is 2.26 bits per heavy atom. The van der Waals surface area contributed by atoms with Crippen LogP contribution in [0, 0.1) is 19.3 Å². The number of primary amides is 1. The highest BCUT2D eigenvalue weighted by atomic mass is 79.9. The average Bonchev–Trinajstić information content (AvgIpc) is 3.97. The number of thiazole rings is 1. The van der Waals surface area contributed by atoms with E-state index in [0.29, 0.717) is 40.3 Å². The van der Waals surface area contributed by atoms with Gasteiger partial charge in [-0.15, -0.1) is 11.3 Å². The molecule has 2 fully saturated rings. The number of aromatic nitrogens is 3. The van der Waals surface area contributed by atoms with Crippen molar-refractivity contribution in [3.8, 4) is 10.4 Å². The summed E-state index contributed by atoms with van der Waals surface area (Å²) in [4.78, 5) is 81.0. The molecular weight excluding hydrogens is 1060 g/mol. The zero-order valence-electron chi connectivity index (χ0n) is 42.6. The third kappa shape index (κ3) is 15.9. The Balaban J connectivity index is 0.835. The number of carbonyl (C=O) groups excluding carboxylic acids is 5. The molecule has 24 heteroatoms. The number of rotatable bonds is 24. The number of hydrogen-bond donors (Lipinski definition) is 7. The number of ether oxygens (including phenoxy) is 2. The second-order valence-corrected chi connectivity index (χ2v) is 23.3. The zero-order chi connectivity index (χ0) is 53.7. The number of amides is 5. The third-order valence-electron chi connectivity index (χ3n) is 12.8. The molecule has 0 spiro atoms. The quantitative estimate of drug-likeness (QED) is 0.0481. The minimum absolute atomic E-state index is 0.00605. The number of nitrogens with two attached hydrogens (primary N) is 1. The minimum atomic E-state index is -3.64. The largest absolute Gasteiger partial charge is 0.391 e. The van der Waals surface area contributed by atoms with Crippen LogP contribution in [0.4, 0.5) is 17.5 Å².